The van der Waals surface area contributed by atoms with Crippen LogP contribution < -0.4 is 22.1 Å². The summed E-state index contributed by atoms with van der Waals surface area (Å²) in [5.41, 5.74) is 11.3. The largest absolute Gasteiger partial charge is 0.481 e. The van der Waals surface area contributed by atoms with Gasteiger partial charge in [-0.3, -0.25) is 9.59 Å². The van der Waals surface area contributed by atoms with E-state index in [0.717, 1.165) is 17.3 Å². The van der Waals surface area contributed by atoms with Crippen molar-refractivity contribution in [3.8, 4) is 0 Å². The molecule has 2 amide bonds. The third kappa shape index (κ3) is 9.43. The van der Waals surface area contributed by atoms with E-state index in [0.29, 0.717) is 19.6 Å². The van der Waals surface area contributed by atoms with Crippen LogP contribution in [0.2, 0.25) is 0 Å². The molecule has 196 valence electrons. The van der Waals surface area contributed by atoms with Crippen LogP contribution in [0, 0.1) is 17.8 Å². The third-order valence-electron chi connectivity index (χ3n) is 6.21. The van der Waals surface area contributed by atoms with E-state index < -0.39 is 42.1 Å². The van der Waals surface area contributed by atoms with Crippen molar-refractivity contribution in [1.82, 2.24) is 10.6 Å². The van der Waals surface area contributed by atoms with Gasteiger partial charge in [-0.05, 0) is 25.7 Å². The summed E-state index contributed by atoms with van der Waals surface area (Å²) in [5.74, 6) is -3.16. The summed E-state index contributed by atoms with van der Waals surface area (Å²) in [5, 5.41) is 15.6. The maximum Gasteiger partial charge on any atom is 0.407 e. The van der Waals surface area contributed by atoms with Gasteiger partial charge in [-0.2, -0.15) is 0 Å². The average Bonchev–Trinajstić information content (AvgIpc) is 3.07. The molecule has 12 heteroatoms. The maximum absolute atomic E-state index is 12.8. The number of carbonyl (C=O) groups excluding carboxylic acids is 2. The van der Waals surface area contributed by atoms with Gasteiger partial charge in [0.2, 0.25) is 5.91 Å². The Morgan fingerprint density at radius 3 is 2.32 bits per heavy atom. The van der Waals surface area contributed by atoms with Crippen molar-refractivity contribution in [1.29, 1.82) is 0 Å². The summed E-state index contributed by atoms with van der Waals surface area (Å²) in [6, 6.07) is -1.33. The van der Waals surface area contributed by atoms with Gasteiger partial charge in [-0.1, -0.05) is 49.3 Å². The van der Waals surface area contributed by atoms with Crippen molar-refractivity contribution in [2.45, 2.75) is 77.6 Å². The molecule has 11 nitrogen and oxygen atoms in total. The van der Waals surface area contributed by atoms with Crippen LogP contribution in [0.4, 0.5) is 4.79 Å². The number of rotatable bonds is 14. The minimum atomic E-state index is -1.11. The Morgan fingerprint density at radius 2 is 1.82 bits per heavy atom. The lowest BCUT2D eigenvalue weighted by atomic mass is 9.80. The molecule has 0 bridgehead atoms. The SMILES string of the molecule is CCC(CC)[C@@H](NC(C)=O)[C@@H]1[C@H](OC(=O)NC(C)CCOCCI)[C@@H](C(=O)O)C[C@H]1N=C(N)N. The molecule has 1 saturated carbocycles. The molecule has 0 saturated heterocycles. The first-order chi connectivity index (χ1) is 16.0. The van der Waals surface area contributed by atoms with Crippen molar-refractivity contribution in [2.75, 3.05) is 17.6 Å². The van der Waals surface area contributed by atoms with Crippen molar-refractivity contribution in [2.24, 2.45) is 34.2 Å². The number of carboxylic acid groups (broad SMARTS) is 1. The molecule has 0 heterocycles. The van der Waals surface area contributed by atoms with Crippen LogP contribution in [-0.2, 0) is 19.1 Å². The van der Waals surface area contributed by atoms with Crippen LogP contribution in [0.5, 0.6) is 0 Å². The second-order valence-corrected chi connectivity index (χ2v) is 9.77. The molecule has 0 aromatic heterocycles. The van der Waals surface area contributed by atoms with Gasteiger partial charge in [0.25, 0.3) is 0 Å². The first-order valence-electron chi connectivity index (χ1n) is 11.7. The Labute approximate surface area is 215 Å². The molecule has 0 radical (unpaired) electrons. The quantitative estimate of drug-likeness (QED) is 0.0659. The number of aliphatic imine (C=N–C) groups is 1. The first kappa shape index (κ1) is 30.2. The van der Waals surface area contributed by atoms with E-state index in [9.17, 15) is 19.5 Å². The van der Waals surface area contributed by atoms with Crippen LogP contribution >= 0.6 is 22.6 Å². The number of nitrogens with one attached hydrogen (secondary N) is 2. The summed E-state index contributed by atoms with van der Waals surface area (Å²) in [7, 11) is 0. The number of ether oxygens (including phenoxy) is 2. The number of nitrogens with two attached hydrogens (primary N) is 2. The number of amides is 2. The number of alkyl halides is 1. The molecule has 1 fully saturated rings. The van der Waals surface area contributed by atoms with Gasteiger partial charge in [-0.15, -0.1) is 0 Å². The summed E-state index contributed by atoms with van der Waals surface area (Å²) < 4.78 is 12.1. The summed E-state index contributed by atoms with van der Waals surface area (Å²) in [4.78, 5) is 41.2. The number of halogens is 1. The first-order valence-corrected chi connectivity index (χ1v) is 13.3. The topological polar surface area (TPSA) is 178 Å². The molecule has 34 heavy (non-hydrogen) atoms. The number of nitrogens with zero attached hydrogens (tertiary/aromatic N) is 1. The van der Waals surface area contributed by atoms with E-state index in [2.05, 4.69) is 38.2 Å². The lowest BCUT2D eigenvalue weighted by Gasteiger charge is -2.36. The number of carboxylic acids is 1. The molecule has 0 spiro atoms. The highest BCUT2D eigenvalue weighted by Gasteiger charge is 2.53. The number of hydrogen-bond donors (Lipinski definition) is 5. The summed E-state index contributed by atoms with van der Waals surface area (Å²) in [6.07, 6.45) is 0.395. The molecule has 1 rings (SSSR count). The Bertz CT molecular complexity index is 701. The predicted molar refractivity (Wildman–Crippen MR) is 138 cm³/mol. The number of carbonyl (C=O) groups is 3. The van der Waals surface area contributed by atoms with E-state index in [1.54, 1.807) is 0 Å². The lowest BCUT2D eigenvalue weighted by molar-refractivity contribution is -0.145. The molecule has 1 unspecified atom stereocenters. The lowest BCUT2D eigenvalue weighted by Crippen LogP contribution is -2.52. The summed E-state index contributed by atoms with van der Waals surface area (Å²) >= 11 is 2.22. The van der Waals surface area contributed by atoms with Crippen LogP contribution in [0.15, 0.2) is 4.99 Å². The van der Waals surface area contributed by atoms with Crippen LogP contribution in [-0.4, -0.2) is 70.9 Å². The van der Waals surface area contributed by atoms with Gasteiger partial charge >= 0.3 is 12.1 Å². The minimum absolute atomic E-state index is 0.0151. The number of guanidine groups is 1. The van der Waals surface area contributed by atoms with Crippen molar-refractivity contribution in [3.05, 3.63) is 0 Å². The van der Waals surface area contributed by atoms with Gasteiger partial charge < -0.3 is 36.7 Å². The van der Waals surface area contributed by atoms with Crippen molar-refractivity contribution in [3.63, 3.8) is 0 Å². The Morgan fingerprint density at radius 1 is 1.18 bits per heavy atom. The molecular formula is C22H40IN5O6. The molecule has 0 aliphatic heterocycles. The fourth-order valence-electron chi connectivity index (χ4n) is 4.62. The second kappa shape index (κ2) is 15.2. The van der Waals surface area contributed by atoms with Gasteiger partial charge in [-0.25, -0.2) is 9.79 Å². The fraction of sp³-hybridized carbons (Fsp3) is 0.818. The molecule has 1 aliphatic carbocycles. The van der Waals surface area contributed by atoms with Crippen molar-refractivity contribution < 1.29 is 29.0 Å². The van der Waals surface area contributed by atoms with Gasteiger partial charge in [0, 0.05) is 36.0 Å². The fourth-order valence-corrected chi connectivity index (χ4v) is 4.93. The highest BCUT2D eigenvalue weighted by molar-refractivity contribution is 14.1. The monoisotopic (exact) mass is 597 g/mol. The van der Waals surface area contributed by atoms with Crippen LogP contribution in [0.25, 0.3) is 0 Å². The Balaban J connectivity index is 3.20. The van der Waals surface area contributed by atoms with Crippen molar-refractivity contribution >= 4 is 46.5 Å². The van der Waals surface area contributed by atoms with Gasteiger partial charge in [0.05, 0.1) is 18.6 Å². The Hall–Kier alpha value is -1.83. The van der Waals surface area contributed by atoms with Gasteiger partial charge in [0.1, 0.15) is 6.10 Å². The van der Waals surface area contributed by atoms with Crippen LogP contribution in [0.3, 0.4) is 0 Å². The normalized spacial score (nSPS) is 23.7. The standard InChI is InChI=1S/C22H40IN5O6/c1-5-14(6-2)18(27-13(4)29)17-16(28-21(24)25)11-15(20(30)31)19(17)34-22(32)26-12(3)7-9-33-10-8-23/h12,14-19H,5-11H2,1-4H3,(H,26,32)(H,27,29)(H,30,31)(H4,24,25,28)/t12?,15-,16+,17+,18+,19+/m0/s1. The highest BCUT2D eigenvalue weighted by Crippen LogP contribution is 2.41. The highest BCUT2D eigenvalue weighted by atomic mass is 127. The Kier molecular flexibility index (Phi) is 13.5. The molecule has 7 N–H and O–H groups in total. The smallest absolute Gasteiger partial charge is 0.407 e. The average molecular weight is 597 g/mol. The van der Waals surface area contributed by atoms with Gasteiger partial charge in [0.15, 0.2) is 5.96 Å². The maximum atomic E-state index is 12.8. The zero-order valence-corrected chi connectivity index (χ0v) is 22.6. The summed E-state index contributed by atoms with van der Waals surface area (Å²) in [6.45, 7) is 8.33. The molecule has 0 aromatic rings. The minimum Gasteiger partial charge on any atom is -0.481 e. The molecular weight excluding hydrogens is 557 g/mol. The van der Waals surface area contributed by atoms with E-state index in [-0.39, 0.29) is 30.2 Å². The molecule has 1 aliphatic rings. The molecule has 6 atom stereocenters. The molecule has 0 aromatic carbocycles. The third-order valence-corrected chi connectivity index (χ3v) is 6.65. The zero-order valence-electron chi connectivity index (χ0n) is 20.5. The van der Waals surface area contributed by atoms with E-state index >= 15 is 0 Å². The van der Waals surface area contributed by atoms with E-state index in [1.807, 2.05) is 20.8 Å². The second-order valence-electron chi connectivity index (χ2n) is 8.69. The van der Waals surface area contributed by atoms with E-state index in [4.69, 9.17) is 20.9 Å². The zero-order chi connectivity index (χ0) is 25.8. The van der Waals surface area contributed by atoms with Crippen LogP contribution in [0.1, 0.15) is 53.4 Å². The van der Waals surface area contributed by atoms with E-state index in [1.165, 1.54) is 6.92 Å². The number of alkyl carbamates (subject to hydrolysis) is 1. The number of aliphatic carboxylic acids is 1. The number of hydrogen-bond acceptors (Lipinski definition) is 6. The predicted octanol–water partition coefficient (Wildman–Crippen LogP) is 1.62.